The summed E-state index contributed by atoms with van der Waals surface area (Å²) >= 11 is 0. The highest BCUT2D eigenvalue weighted by molar-refractivity contribution is 6.10. The van der Waals surface area contributed by atoms with Gasteiger partial charge in [0.05, 0.1) is 5.69 Å². The van der Waals surface area contributed by atoms with Gasteiger partial charge in [-0.25, -0.2) is 0 Å². The van der Waals surface area contributed by atoms with Crippen molar-refractivity contribution in [3.05, 3.63) is 72.3 Å². The van der Waals surface area contributed by atoms with E-state index in [1.165, 1.54) is 18.5 Å². The third-order valence-electron chi connectivity index (χ3n) is 5.20. The van der Waals surface area contributed by atoms with E-state index in [0.717, 1.165) is 35.1 Å². The zero-order chi connectivity index (χ0) is 17.9. The van der Waals surface area contributed by atoms with Gasteiger partial charge in [0.2, 0.25) is 0 Å². The maximum absolute atomic E-state index is 13.2. The average Bonchev–Trinajstić information content (AvgIpc) is 3.23. The Morgan fingerprint density at radius 3 is 2.35 bits per heavy atom. The maximum atomic E-state index is 13.2. The fourth-order valence-corrected chi connectivity index (χ4v) is 3.81. The van der Waals surface area contributed by atoms with Crippen LogP contribution in [0.25, 0.3) is 10.8 Å². The van der Waals surface area contributed by atoms with Crippen molar-refractivity contribution in [2.24, 2.45) is 0 Å². The van der Waals surface area contributed by atoms with Crippen LogP contribution in [-0.2, 0) is 0 Å². The highest BCUT2D eigenvalue weighted by atomic mass is 16.2. The smallest absolute Gasteiger partial charge is 0.258 e. The zero-order valence-electron chi connectivity index (χ0n) is 15.2. The normalized spacial score (nSPS) is 14.0. The summed E-state index contributed by atoms with van der Waals surface area (Å²) in [6.45, 7) is 4.90. The van der Waals surface area contributed by atoms with Crippen LogP contribution in [0.3, 0.4) is 0 Å². The molecule has 132 valence electrons. The van der Waals surface area contributed by atoms with Gasteiger partial charge in [0, 0.05) is 36.3 Å². The molecule has 0 aromatic heterocycles. The summed E-state index contributed by atoms with van der Waals surface area (Å²) in [5.41, 5.74) is 2.93. The molecule has 1 saturated heterocycles. The number of hydrogen-bond donors (Lipinski definition) is 0. The van der Waals surface area contributed by atoms with Crippen LogP contribution in [0.5, 0.6) is 0 Å². The highest BCUT2D eigenvalue weighted by Crippen LogP contribution is 2.28. The lowest BCUT2D eigenvalue weighted by Crippen LogP contribution is -2.30. The molecule has 0 spiro atoms. The molecule has 0 aliphatic carbocycles. The highest BCUT2D eigenvalue weighted by Gasteiger charge is 2.19. The van der Waals surface area contributed by atoms with Crippen molar-refractivity contribution in [1.82, 2.24) is 0 Å². The maximum Gasteiger partial charge on any atom is 0.258 e. The number of fused-ring (bicyclic) bond motifs is 1. The molecule has 0 radical (unpaired) electrons. The Labute approximate surface area is 154 Å². The van der Waals surface area contributed by atoms with Gasteiger partial charge in [0.1, 0.15) is 0 Å². The van der Waals surface area contributed by atoms with Crippen LogP contribution in [0.15, 0.2) is 66.7 Å². The second-order valence-corrected chi connectivity index (χ2v) is 6.79. The van der Waals surface area contributed by atoms with Gasteiger partial charge in [-0.3, -0.25) is 4.79 Å². The summed E-state index contributed by atoms with van der Waals surface area (Å²) < 4.78 is 0. The van der Waals surface area contributed by atoms with Crippen molar-refractivity contribution in [2.45, 2.75) is 19.8 Å². The van der Waals surface area contributed by atoms with Crippen molar-refractivity contribution in [3.8, 4) is 0 Å². The predicted molar refractivity (Wildman–Crippen MR) is 109 cm³/mol. The number of anilines is 2. The molecule has 1 aliphatic heterocycles. The van der Waals surface area contributed by atoms with E-state index in [9.17, 15) is 4.79 Å². The molecule has 0 unspecified atom stereocenters. The first kappa shape index (κ1) is 16.6. The molecule has 3 nitrogen and oxygen atoms in total. The molecule has 1 fully saturated rings. The number of amides is 1. The van der Waals surface area contributed by atoms with Crippen LogP contribution in [0.4, 0.5) is 11.4 Å². The first-order valence-electron chi connectivity index (χ1n) is 9.42. The van der Waals surface area contributed by atoms with E-state index in [-0.39, 0.29) is 5.91 Å². The third-order valence-corrected chi connectivity index (χ3v) is 5.20. The Bertz CT molecular complexity index is 906. The van der Waals surface area contributed by atoms with E-state index in [4.69, 9.17) is 0 Å². The first-order valence-corrected chi connectivity index (χ1v) is 9.42. The standard InChI is InChI=1S/C23H24N2O/c1-2-25(22-11-7-9-18-8-3-4-10-21(18)22)23(26)19-12-14-20(15-13-19)24-16-5-6-17-24/h3-4,7-15H,2,5-6,16-17H2,1H3. The van der Waals surface area contributed by atoms with Gasteiger partial charge in [0.25, 0.3) is 5.91 Å². The van der Waals surface area contributed by atoms with Gasteiger partial charge in [-0.05, 0) is 55.5 Å². The summed E-state index contributed by atoms with van der Waals surface area (Å²) in [6, 6.07) is 22.4. The Morgan fingerprint density at radius 1 is 0.923 bits per heavy atom. The van der Waals surface area contributed by atoms with E-state index in [0.29, 0.717) is 6.54 Å². The van der Waals surface area contributed by atoms with Crippen molar-refractivity contribution in [2.75, 3.05) is 29.4 Å². The fraction of sp³-hybridized carbons (Fsp3) is 0.261. The van der Waals surface area contributed by atoms with Crippen LogP contribution < -0.4 is 9.80 Å². The van der Waals surface area contributed by atoms with Gasteiger partial charge in [0.15, 0.2) is 0 Å². The Kier molecular flexibility index (Phi) is 4.61. The number of nitrogens with zero attached hydrogens (tertiary/aromatic N) is 2. The lowest BCUT2D eigenvalue weighted by Gasteiger charge is -2.23. The third kappa shape index (κ3) is 3.05. The average molecular weight is 344 g/mol. The number of rotatable bonds is 4. The predicted octanol–water partition coefficient (Wildman–Crippen LogP) is 5.11. The van der Waals surface area contributed by atoms with Crippen molar-refractivity contribution < 1.29 is 4.79 Å². The lowest BCUT2D eigenvalue weighted by molar-refractivity contribution is 0.0988. The first-order chi connectivity index (χ1) is 12.8. The molecule has 4 rings (SSSR count). The van der Waals surface area contributed by atoms with E-state index < -0.39 is 0 Å². The summed E-state index contributed by atoms with van der Waals surface area (Å²) in [5.74, 6) is 0.0526. The Hall–Kier alpha value is -2.81. The van der Waals surface area contributed by atoms with Crippen LogP contribution in [0.2, 0.25) is 0 Å². The molecule has 1 amide bonds. The van der Waals surface area contributed by atoms with Gasteiger partial charge in [-0.2, -0.15) is 0 Å². The van der Waals surface area contributed by atoms with Crippen LogP contribution in [-0.4, -0.2) is 25.5 Å². The molecule has 0 bridgehead atoms. The zero-order valence-corrected chi connectivity index (χ0v) is 15.2. The van der Waals surface area contributed by atoms with Gasteiger partial charge in [-0.1, -0.05) is 36.4 Å². The summed E-state index contributed by atoms with van der Waals surface area (Å²) in [7, 11) is 0. The lowest BCUT2D eigenvalue weighted by atomic mass is 10.1. The minimum atomic E-state index is 0.0526. The molecule has 3 aromatic carbocycles. The minimum absolute atomic E-state index is 0.0526. The van der Waals surface area contributed by atoms with E-state index in [1.807, 2.05) is 48.2 Å². The number of carbonyl (C=O) groups is 1. The second-order valence-electron chi connectivity index (χ2n) is 6.79. The summed E-state index contributed by atoms with van der Waals surface area (Å²) in [4.78, 5) is 17.4. The summed E-state index contributed by atoms with van der Waals surface area (Å²) in [6.07, 6.45) is 2.51. The molecule has 0 saturated carbocycles. The SMILES string of the molecule is CCN(C(=O)c1ccc(N2CCCC2)cc1)c1cccc2ccccc12. The van der Waals surface area contributed by atoms with Crippen LogP contribution >= 0.6 is 0 Å². The minimum Gasteiger partial charge on any atom is -0.372 e. The number of benzene rings is 3. The van der Waals surface area contributed by atoms with E-state index >= 15 is 0 Å². The quantitative estimate of drug-likeness (QED) is 0.657. The molecule has 3 aromatic rings. The van der Waals surface area contributed by atoms with Crippen LogP contribution in [0, 0.1) is 0 Å². The summed E-state index contributed by atoms with van der Waals surface area (Å²) in [5, 5.41) is 2.26. The van der Waals surface area contributed by atoms with Crippen molar-refractivity contribution in [3.63, 3.8) is 0 Å². The fourth-order valence-electron chi connectivity index (χ4n) is 3.81. The largest absolute Gasteiger partial charge is 0.372 e. The molecule has 1 heterocycles. The molecular weight excluding hydrogens is 320 g/mol. The number of carbonyl (C=O) groups excluding carboxylic acids is 1. The van der Waals surface area contributed by atoms with Crippen molar-refractivity contribution in [1.29, 1.82) is 0 Å². The Morgan fingerprint density at radius 2 is 1.62 bits per heavy atom. The van der Waals surface area contributed by atoms with Gasteiger partial charge in [-0.15, -0.1) is 0 Å². The monoisotopic (exact) mass is 344 g/mol. The molecule has 3 heteroatoms. The molecule has 0 N–H and O–H groups in total. The van der Waals surface area contributed by atoms with E-state index in [1.54, 1.807) is 0 Å². The Balaban J connectivity index is 1.64. The van der Waals surface area contributed by atoms with Crippen molar-refractivity contribution >= 4 is 28.1 Å². The topological polar surface area (TPSA) is 23.6 Å². The molecular formula is C23H24N2O. The molecule has 1 aliphatic rings. The molecule has 0 atom stereocenters. The molecule has 26 heavy (non-hydrogen) atoms. The van der Waals surface area contributed by atoms with Crippen LogP contribution in [0.1, 0.15) is 30.1 Å². The second kappa shape index (κ2) is 7.20. The van der Waals surface area contributed by atoms with Gasteiger partial charge >= 0.3 is 0 Å². The van der Waals surface area contributed by atoms with E-state index in [2.05, 4.69) is 35.2 Å². The van der Waals surface area contributed by atoms with Gasteiger partial charge < -0.3 is 9.80 Å². The number of hydrogen-bond acceptors (Lipinski definition) is 2.